The van der Waals surface area contributed by atoms with Gasteiger partial charge in [-0.15, -0.1) is 0 Å². The van der Waals surface area contributed by atoms with Crippen molar-refractivity contribution in [1.82, 2.24) is 5.32 Å². The average molecular weight is 223 g/mol. The van der Waals surface area contributed by atoms with Crippen LogP contribution >= 0.6 is 0 Å². The van der Waals surface area contributed by atoms with E-state index in [1.165, 1.54) is 0 Å². The summed E-state index contributed by atoms with van der Waals surface area (Å²) in [7, 11) is 0. The Morgan fingerprint density at radius 3 is 2.62 bits per heavy atom. The van der Waals surface area contributed by atoms with E-state index in [9.17, 15) is 14.7 Å². The molecule has 0 aliphatic heterocycles. The fraction of sp³-hybridized carbons (Fsp3) is 0.667. The Kier molecular flexibility index (Phi) is 3.94. The first kappa shape index (κ1) is 12.6. The van der Waals surface area contributed by atoms with Crippen molar-refractivity contribution < 1.29 is 14.7 Å². The van der Waals surface area contributed by atoms with Gasteiger partial charge in [-0.1, -0.05) is 25.7 Å². The smallest absolute Gasteiger partial charge is 0.329 e. The lowest BCUT2D eigenvalue weighted by Crippen LogP contribution is -2.59. The second-order valence-corrected chi connectivity index (χ2v) is 4.25. The minimum Gasteiger partial charge on any atom is -0.479 e. The topological polar surface area (TPSA) is 66.4 Å². The minimum absolute atomic E-state index is 0.0543. The molecule has 16 heavy (non-hydrogen) atoms. The average Bonchev–Trinajstić information content (AvgIpc) is 2.21. The van der Waals surface area contributed by atoms with Crippen molar-refractivity contribution >= 4 is 11.9 Å². The van der Waals surface area contributed by atoms with Crippen LogP contribution in [0.25, 0.3) is 0 Å². The lowest BCUT2D eigenvalue weighted by Gasteiger charge is -2.39. The van der Waals surface area contributed by atoms with E-state index in [-0.39, 0.29) is 5.92 Å². The molecule has 88 valence electrons. The Morgan fingerprint density at radius 2 is 2.12 bits per heavy atom. The van der Waals surface area contributed by atoms with Gasteiger partial charge in [0.2, 0.25) is 0 Å². The zero-order chi connectivity index (χ0) is 12.2. The lowest BCUT2D eigenvalue weighted by molar-refractivity contribution is -0.151. The van der Waals surface area contributed by atoms with Gasteiger partial charge in [0.15, 0.2) is 0 Å². The summed E-state index contributed by atoms with van der Waals surface area (Å²) >= 11 is 0. The van der Waals surface area contributed by atoms with E-state index in [0.717, 1.165) is 19.3 Å². The zero-order valence-electron chi connectivity index (χ0n) is 9.67. The summed E-state index contributed by atoms with van der Waals surface area (Å²) in [4.78, 5) is 22.8. The van der Waals surface area contributed by atoms with Gasteiger partial charge in [0.05, 0.1) is 0 Å². The number of hydrogen-bond acceptors (Lipinski definition) is 2. The van der Waals surface area contributed by atoms with Crippen LogP contribution in [-0.2, 0) is 9.59 Å². The number of carboxylic acids is 1. The van der Waals surface area contributed by atoms with Gasteiger partial charge in [-0.3, -0.25) is 4.79 Å². The number of amides is 1. The van der Waals surface area contributed by atoms with Gasteiger partial charge >= 0.3 is 5.97 Å². The lowest BCUT2D eigenvalue weighted by atomic mass is 9.73. The fourth-order valence-electron chi connectivity index (χ4n) is 2.25. The molecule has 0 radical (unpaired) electrons. The molecule has 2 atom stereocenters. The van der Waals surface area contributed by atoms with E-state index in [1.54, 1.807) is 6.92 Å². The maximum atomic E-state index is 11.4. The van der Waals surface area contributed by atoms with Gasteiger partial charge in [-0.05, 0) is 31.6 Å². The zero-order valence-corrected chi connectivity index (χ0v) is 9.67. The Balaban J connectivity index is 2.90. The number of hydrogen-bond donors (Lipinski definition) is 2. The van der Waals surface area contributed by atoms with Crippen molar-refractivity contribution in [2.45, 2.75) is 45.1 Å². The molecule has 1 fully saturated rings. The maximum Gasteiger partial charge on any atom is 0.329 e. The summed E-state index contributed by atoms with van der Waals surface area (Å²) in [6.45, 7) is 3.42. The van der Waals surface area contributed by atoms with E-state index in [1.807, 2.05) is 6.92 Å². The molecule has 0 heterocycles. The molecule has 0 aromatic carbocycles. The van der Waals surface area contributed by atoms with Crippen LogP contribution in [0.4, 0.5) is 0 Å². The summed E-state index contributed by atoms with van der Waals surface area (Å²) in [5.41, 5.74) is -1.13. The van der Waals surface area contributed by atoms with Crippen molar-refractivity contribution in [3.8, 4) is 11.8 Å². The highest BCUT2D eigenvalue weighted by molar-refractivity contribution is 5.97. The van der Waals surface area contributed by atoms with Crippen LogP contribution in [0.15, 0.2) is 0 Å². The Morgan fingerprint density at radius 1 is 1.44 bits per heavy atom. The van der Waals surface area contributed by atoms with Crippen molar-refractivity contribution in [2.75, 3.05) is 0 Å². The first-order valence-electron chi connectivity index (χ1n) is 5.51. The number of carbonyl (C=O) groups excluding carboxylic acids is 1. The second-order valence-electron chi connectivity index (χ2n) is 4.25. The van der Waals surface area contributed by atoms with Crippen LogP contribution in [0, 0.1) is 17.8 Å². The number of rotatable bonds is 2. The Labute approximate surface area is 95.4 Å². The molecule has 0 aromatic rings. The molecule has 4 heteroatoms. The van der Waals surface area contributed by atoms with Crippen LogP contribution < -0.4 is 5.32 Å². The van der Waals surface area contributed by atoms with Gasteiger partial charge in [0.25, 0.3) is 5.91 Å². The van der Waals surface area contributed by atoms with Crippen molar-refractivity contribution in [1.29, 1.82) is 0 Å². The molecule has 1 saturated carbocycles. The highest BCUT2D eigenvalue weighted by atomic mass is 16.4. The third-order valence-electron chi connectivity index (χ3n) is 3.26. The van der Waals surface area contributed by atoms with Gasteiger partial charge in [-0.25, -0.2) is 4.79 Å². The molecule has 0 bridgehead atoms. The number of carboxylic acid groups (broad SMARTS) is 1. The van der Waals surface area contributed by atoms with E-state index in [4.69, 9.17) is 0 Å². The third-order valence-corrected chi connectivity index (χ3v) is 3.26. The molecule has 1 amide bonds. The van der Waals surface area contributed by atoms with Crippen LogP contribution in [0.5, 0.6) is 0 Å². The second kappa shape index (κ2) is 5.02. The highest BCUT2D eigenvalue weighted by Gasteiger charge is 2.46. The molecule has 0 aromatic heterocycles. The molecule has 4 nitrogen and oxygen atoms in total. The fourth-order valence-corrected chi connectivity index (χ4v) is 2.25. The summed E-state index contributed by atoms with van der Waals surface area (Å²) in [5, 5.41) is 11.9. The van der Waals surface area contributed by atoms with Crippen molar-refractivity contribution in [3.63, 3.8) is 0 Å². The minimum atomic E-state index is -1.13. The molecule has 0 saturated heterocycles. The summed E-state index contributed by atoms with van der Waals surface area (Å²) in [6.07, 6.45) is 3.16. The number of nitrogens with one attached hydrogen (secondary N) is 1. The number of carbonyl (C=O) groups is 2. The molecule has 2 N–H and O–H groups in total. The molecule has 1 aliphatic carbocycles. The molecular formula is C12H17NO3. The van der Waals surface area contributed by atoms with E-state index >= 15 is 0 Å². The van der Waals surface area contributed by atoms with E-state index in [0.29, 0.717) is 6.42 Å². The molecule has 1 aliphatic rings. The summed E-state index contributed by atoms with van der Waals surface area (Å²) < 4.78 is 0. The van der Waals surface area contributed by atoms with Crippen LogP contribution in [0.3, 0.4) is 0 Å². The van der Waals surface area contributed by atoms with Crippen LogP contribution in [0.2, 0.25) is 0 Å². The van der Waals surface area contributed by atoms with Gasteiger partial charge in [0, 0.05) is 0 Å². The Hall–Kier alpha value is -1.50. The quantitative estimate of drug-likeness (QED) is 0.690. The van der Waals surface area contributed by atoms with Crippen LogP contribution in [-0.4, -0.2) is 22.5 Å². The highest BCUT2D eigenvalue weighted by Crippen LogP contribution is 2.33. The third kappa shape index (κ3) is 2.35. The van der Waals surface area contributed by atoms with Gasteiger partial charge in [0.1, 0.15) is 5.54 Å². The maximum absolute atomic E-state index is 11.4. The van der Waals surface area contributed by atoms with Crippen molar-refractivity contribution in [3.05, 3.63) is 0 Å². The van der Waals surface area contributed by atoms with Crippen molar-refractivity contribution in [2.24, 2.45) is 5.92 Å². The van der Waals surface area contributed by atoms with Gasteiger partial charge < -0.3 is 10.4 Å². The normalized spacial score (nSPS) is 28.8. The number of aliphatic carboxylic acids is 1. The SMILES string of the molecule is CC#CC(=O)NC1(C(=O)O)CCCCC1C. The summed E-state index contributed by atoms with van der Waals surface area (Å²) in [6, 6.07) is 0. The largest absolute Gasteiger partial charge is 0.479 e. The summed E-state index contributed by atoms with van der Waals surface area (Å²) in [5.74, 6) is 3.29. The predicted octanol–water partition coefficient (Wildman–Crippen LogP) is 1.16. The van der Waals surface area contributed by atoms with Crippen LogP contribution in [0.1, 0.15) is 39.5 Å². The van der Waals surface area contributed by atoms with E-state index < -0.39 is 17.4 Å². The first-order valence-corrected chi connectivity index (χ1v) is 5.51. The Bertz CT molecular complexity index is 353. The van der Waals surface area contributed by atoms with Gasteiger partial charge in [-0.2, -0.15) is 0 Å². The molecule has 0 spiro atoms. The predicted molar refractivity (Wildman–Crippen MR) is 59.6 cm³/mol. The van der Waals surface area contributed by atoms with E-state index in [2.05, 4.69) is 17.2 Å². The molecular weight excluding hydrogens is 206 g/mol. The first-order chi connectivity index (χ1) is 7.53. The standard InChI is InChI=1S/C12H17NO3/c1-3-6-10(14)13-12(11(15)16)8-5-4-7-9(12)2/h9H,4-5,7-8H2,1-2H3,(H,13,14)(H,15,16). The monoisotopic (exact) mass is 223 g/mol. The molecule has 1 rings (SSSR count). The molecule has 2 unspecified atom stereocenters.